The first-order chi connectivity index (χ1) is 9.81. The van der Waals surface area contributed by atoms with Gasteiger partial charge in [-0.2, -0.15) is 13.2 Å². The molecule has 0 unspecified atom stereocenters. The minimum absolute atomic E-state index is 0.131. The molecule has 2 rings (SSSR count). The molecule has 1 aromatic rings. The molecule has 2 atom stereocenters. The summed E-state index contributed by atoms with van der Waals surface area (Å²) in [7, 11) is 0. The minimum Gasteiger partial charge on any atom is -0.479 e. The van der Waals surface area contributed by atoms with Crippen LogP contribution in [0.5, 0.6) is 5.75 Å². The van der Waals surface area contributed by atoms with Gasteiger partial charge < -0.3 is 14.6 Å². The lowest BCUT2D eigenvalue weighted by Gasteiger charge is -2.04. The summed E-state index contributed by atoms with van der Waals surface area (Å²) in [6.07, 6.45) is 1.12. The first kappa shape index (κ1) is 17.2. The standard InChI is InChI=1S/C7H4F4O.C6H10O3/c8-4-2-1-3-5(6(4)9)12-7(10)11;1-4-2-3-5(9-4)6(7)8/h1-3,7H;4-5H,2-3H2,1H3,(H,7,8)/t;4-,5-/m.1/s1. The summed E-state index contributed by atoms with van der Waals surface area (Å²) < 4.78 is 56.6. The third-order valence-corrected chi connectivity index (χ3v) is 2.64. The maximum Gasteiger partial charge on any atom is 0.387 e. The average Bonchev–Trinajstić information content (AvgIpc) is 2.82. The lowest BCUT2D eigenvalue weighted by Crippen LogP contribution is -2.19. The summed E-state index contributed by atoms with van der Waals surface area (Å²) in [5.41, 5.74) is 0. The lowest BCUT2D eigenvalue weighted by atomic mass is 10.2. The van der Waals surface area contributed by atoms with Crippen molar-refractivity contribution in [2.45, 2.75) is 38.6 Å². The molecule has 21 heavy (non-hydrogen) atoms. The van der Waals surface area contributed by atoms with Crippen LogP contribution < -0.4 is 4.74 Å². The zero-order valence-electron chi connectivity index (χ0n) is 11.1. The molecule has 0 saturated carbocycles. The molecule has 1 aliphatic heterocycles. The summed E-state index contributed by atoms with van der Waals surface area (Å²) in [5, 5.41) is 8.41. The zero-order chi connectivity index (χ0) is 16.0. The van der Waals surface area contributed by atoms with Crippen LogP contribution in [0.2, 0.25) is 0 Å². The Morgan fingerprint density at radius 1 is 1.38 bits per heavy atom. The maximum absolute atomic E-state index is 12.5. The maximum atomic E-state index is 12.5. The molecule has 0 aromatic heterocycles. The van der Waals surface area contributed by atoms with Gasteiger partial charge >= 0.3 is 12.6 Å². The highest BCUT2D eigenvalue weighted by Crippen LogP contribution is 2.20. The summed E-state index contributed by atoms with van der Waals surface area (Å²) >= 11 is 0. The molecule has 0 aliphatic carbocycles. The minimum atomic E-state index is -3.15. The Balaban J connectivity index is 0.000000219. The highest BCUT2D eigenvalue weighted by atomic mass is 19.3. The molecule has 0 radical (unpaired) electrons. The van der Waals surface area contributed by atoms with Gasteiger partial charge in [0.15, 0.2) is 17.7 Å². The van der Waals surface area contributed by atoms with E-state index < -0.39 is 36.1 Å². The molecule has 1 heterocycles. The Labute approximate surface area is 118 Å². The van der Waals surface area contributed by atoms with Crippen LogP contribution in [0.25, 0.3) is 0 Å². The zero-order valence-corrected chi connectivity index (χ0v) is 11.1. The van der Waals surface area contributed by atoms with Crippen LogP contribution >= 0.6 is 0 Å². The Hall–Kier alpha value is -1.83. The van der Waals surface area contributed by atoms with Crippen molar-refractivity contribution < 1.29 is 36.9 Å². The van der Waals surface area contributed by atoms with E-state index in [2.05, 4.69) is 4.74 Å². The van der Waals surface area contributed by atoms with Crippen LogP contribution in [0, 0.1) is 11.6 Å². The van der Waals surface area contributed by atoms with Crippen molar-refractivity contribution in [1.29, 1.82) is 0 Å². The van der Waals surface area contributed by atoms with Crippen LogP contribution in [0.15, 0.2) is 18.2 Å². The molecule has 118 valence electrons. The number of hydrogen-bond acceptors (Lipinski definition) is 3. The second kappa shape index (κ2) is 7.82. The van der Waals surface area contributed by atoms with Crippen LogP contribution in [0.4, 0.5) is 17.6 Å². The molecular formula is C13H14F4O4. The largest absolute Gasteiger partial charge is 0.479 e. The van der Waals surface area contributed by atoms with Gasteiger partial charge in [0.2, 0.25) is 5.82 Å². The average molecular weight is 310 g/mol. The van der Waals surface area contributed by atoms with Gasteiger partial charge in [-0.25, -0.2) is 9.18 Å². The number of carboxylic acids is 1. The fourth-order valence-electron chi connectivity index (χ4n) is 1.66. The first-order valence-electron chi connectivity index (χ1n) is 6.08. The van der Waals surface area contributed by atoms with Crippen molar-refractivity contribution in [3.8, 4) is 5.75 Å². The van der Waals surface area contributed by atoms with Gasteiger partial charge in [0.25, 0.3) is 0 Å². The molecule has 1 saturated heterocycles. The summed E-state index contributed by atoms with van der Waals surface area (Å²) in [5.74, 6) is -4.24. The number of halogens is 4. The molecular weight excluding hydrogens is 296 g/mol. The summed E-state index contributed by atoms with van der Waals surface area (Å²) in [6, 6.07) is 2.81. The Morgan fingerprint density at radius 2 is 2.05 bits per heavy atom. The molecule has 8 heteroatoms. The Kier molecular flexibility index (Phi) is 6.41. The number of rotatable bonds is 3. The first-order valence-corrected chi connectivity index (χ1v) is 6.08. The molecule has 1 N–H and O–H groups in total. The van der Waals surface area contributed by atoms with Gasteiger partial charge in [-0.3, -0.25) is 0 Å². The van der Waals surface area contributed by atoms with Crippen LogP contribution in [-0.4, -0.2) is 29.9 Å². The smallest absolute Gasteiger partial charge is 0.387 e. The molecule has 0 spiro atoms. The van der Waals surface area contributed by atoms with E-state index in [0.717, 1.165) is 24.6 Å². The van der Waals surface area contributed by atoms with Crippen molar-refractivity contribution in [2.24, 2.45) is 0 Å². The summed E-state index contributed by atoms with van der Waals surface area (Å²) in [6.45, 7) is -1.26. The Morgan fingerprint density at radius 3 is 2.48 bits per heavy atom. The van der Waals surface area contributed by atoms with E-state index in [0.29, 0.717) is 6.42 Å². The number of benzene rings is 1. The second-order valence-corrected chi connectivity index (χ2v) is 4.28. The van der Waals surface area contributed by atoms with Crippen molar-refractivity contribution in [3.63, 3.8) is 0 Å². The number of hydrogen-bond donors (Lipinski definition) is 1. The van der Waals surface area contributed by atoms with Gasteiger partial charge in [0, 0.05) is 0 Å². The van der Waals surface area contributed by atoms with Crippen molar-refractivity contribution in [1.82, 2.24) is 0 Å². The monoisotopic (exact) mass is 310 g/mol. The SMILES string of the molecule is C[C@@H]1CC[C@H](C(=O)O)O1.Fc1cccc(OC(F)F)c1F. The lowest BCUT2D eigenvalue weighted by molar-refractivity contribution is -0.149. The van der Waals surface area contributed by atoms with E-state index >= 15 is 0 Å². The molecule has 4 nitrogen and oxygen atoms in total. The molecule has 1 fully saturated rings. The van der Waals surface area contributed by atoms with Gasteiger partial charge in [-0.15, -0.1) is 0 Å². The summed E-state index contributed by atoms with van der Waals surface area (Å²) in [4.78, 5) is 10.2. The number of ether oxygens (including phenoxy) is 2. The van der Waals surface area contributed by atoms with Crippen molar-refractivity contribution in [2.75, 3.05) is 0 Å². The van der Waals surface area contributed by atoms with Gasteiger partial charge in [0.1, 0.15) is 0 Å². The van der Waals surface area contributed by atoms with E-state index in [9.17, 15) is 22.4 Å². The van der Waals surface area contributed by atoms with E-state index in [1.165, 1.54) is 0 Å². The molecule has 1 aromatic carbocycles. The van der Waals surface area contributed by atoms with Crippen molar-refractivity contribution >= 4 is 5.97 Å². The van der Waals surface area contributed by atoms with Crippen molar-refractivity contribution in [3.05, 3.63) is 29.8 Å². The predicted molar refractivity (Wildman–Crippen MR) is 64.2 cm³/mol. The predicted octanol–water partition coefficient (Wildman–Crippen LogP) is 3.20. The van der Waals surface area contributed by atoms with Gasteiger partial charge in [-0.1, -0.05) is 6.07 Å². The Bertz CT molecular complexity index is 481. The quantitative estimate of drug-likeness (QED) is 0.871. The van der Waals surface area contributed by atoms with Gasteiger partial charge in [-0.05, 0) is 31.9 Å². The van der Waals surface area contributed by atoms with Crippen LogP contribution in [0.1, 0.15) is 19.8 Å². The fraction of sp³-hybridized carbons (Fsp3) is 0.462. The fourth-order valence-corrected chi connectivity index (χ4v) is 1.66. The third kappa shape index (κ3) is 5.58. The van der Waals surface area contributed by atoms with E-state index in [-0.39, 0.29) is 6.10 Å². The highest BCUT2D eigenvalue weighted by Gasteiger charge is 2.27. The third-order valence-electron chi connectivity index (χ3n) is 2.64. The van der Waals surface area contributed by atoms with Crippen LogP contribution in [-0.2, 0) is 9.53 Å². The van der Waals surface area contributed by atoms with E-state index in [1.54, 1.807) is 0 Å². The number of alkyl halides is 2. The highest BCUT2D eigenvalue weighted by molar-refractivity contribution is 5.72. The van der Waals surface area contributed by atoms with E-state index in [4.69, 9.17) is 9.84 Å². The topological polar surface area (TPSA) is 55.8 Å². The number of aliphatic carboxylic acids is 1. The number of carbonyl (C=O) groups is 1. The molecule has 0 bridgehead atoms. The molecule has 1 aliphatic rings. The normalized spacial score (nSPS) is 20.9. The second-order valence-electron chi connectivity index (χ2n) is 4.28. The van der Waals surface area contributed by atoms with E-state index in [1.807, 2.05) is 6.92 Å². The van der Waals surface area contributed by atoms with Crippen LogP contribution in [0.3, 0.4) is 0 Å². The van der Waals surface area contributed by atoms with Gasteiger partial charge in [0.05, 0.1) is 6.10 Å². The number of carboxylic acid groups (broad SMARTS) is 1. The molecule has 0 amide bonds.